The quantitative estimate of drug-likeness (QED) is 0.431. The molecule has 160 valence electrons. The minimum atomic E-state index is 0.475. The lowest BCUT2D eigenvalue weighted by molar-refractivity contribution is 0.0132. The molecule has 9 heteroatoms. The molecular weight excluding hydrogens is 370 g/mol. The van der Waals surface area contributed by atoms with Crippen molar-refractivity contribution in [1.29, 1.82) is 0 Å². The molecule has 1 fully saturated rings. The van der Waals surface area contributed by atoms with Crippen molar-refractivity contribution in [2.24, 2.45) is 10.9 Å². The van der Waals surface area contributed by atoms with Crippen LogP contribution in [0.4, 0.5) is 0 Å². The highest BCUT2D eigenvalue weighted by molar-refractivity contribution is 5.79. The van der Waals surface area contributed by atoms with E-state index in [4.69, 9.17) is 9.15 Å². The van der Waals surface area contributed by atoms with E-state index in [9.17, 15) is 0 Å². The normalized spacial score (nSPS) is 16.9. The maximum atomic E-state index is 5.50. The summed E-state index contributed by atoms with van der Waals surface area (Å²) in [5, 5.41) is 14.0. The van der Waals surface area contributed by atoms with E-state index in [1.165, 1.54) is 0 Å². The number of nitrogens with zero attached hydrogens (tertiary/aromatic N) is 4. The first-order valence-electron chi connectivity index (χ1n) is 10.4. The summed E-state index contributed by atoms with van der Waals surface area (Å²) in [6.45, 7) is 9.74. The summed E-state index contributed by atoms with van der Waals surface area (Å²) in [5.41, 5.74) is 0. The third-order valence-electron chi connectivity index (χ3n) is 4.96. The van der Waals surface area contributed by atoms with Gasteiger partial charge in [0.25, 0.3) is 0 Å². The molecule has 1 aliphatic rings. The van der Waals surface area contributed by atoms with Gasteiger partial charge in [-0.2, -0.15) is 5.10 Å². The molecule has 1 atom stereocenters. The van der Waals surface area contributed by atoms with Crippen LogP contribution in [0.3, 0.4) is 0 Å². The fourth-order valence-electron chi connectivity index (χ4n) is 3.51. The smallest absolute Gasteiger partial charge is 0.216 e. The first-order valence-corrected chi connectivity index (χ1v) is 10.4. The van der Waals surface area contributed by atoms with Gasteiger partial charge in [0.1, 0.15) is 5.82 Å². The predicted octanol–water partition coefficient (Wildman–Crippen LogP) is 1.52. The Kier molecular flexibility index (Phi) is 8.06. The lowest BCUT2D eigenvalue weighted by atomic mass is 10.0. The molecule has 0 spiro atoms. The maximum Gasteiger partial charge on any atom is 0.216 e. The van der Waals surface area contributed by atoms with Crippen molar-refractivity contribution in [1.82, 2.24) is 30.7 Å². The van der Waals surface area contributed by atoms with Crippen LogP contribution in [0, 0.1) is 5.92 Å². The standard InChI is InChI=1S/C20H33N7O2/c1-15(2)13-16(27-8-11-28-12-9-27)14-23-20(21-3)22-7-6-18-24-19(26-25-18)17-5-4-10-29-17/h4-5,10,15-16H,6-9,11-14H2,1-3H3,(H2,21,22,23)(H,24,25,26). The summed E-state index contributed by atoms with van der Waals surface area (Å²) in [7, 11) is 1.80. The van der Waals surface area contributed by atoms with Crippen LogP contribution < -0.4 is 10.6 Å². The summed E-state index contributed by atoms with van der Waals surface area (Å²) in [6, 6.07) is 4.15. The largest absolute Gasteiger partial charge is 0.461 e. The van der Waals surface area contributed by atoms with Gasteiger partial charge in [-0.25, -0.2) is 4.98 Å². The van der Waals surface area contributed by atoms with Crippen LogP contribution >= 0.6 is 0 Å². The Balaban J connectivity index is 1.44. The van der Waals surface area contributed by atoms with Gasteiger partial charge in [-0.1, -0.05) is 13.8 Å². The Morgan fingerprint density at radius 2 is 2.14 bits per heavy atom. The number of aliphatic imine (C=N–C) groups is 1. The average molecular weight is 404 g/mol. The summed E-state index contributed by atoms with van der Waals surface area (Å²) in [4.78, 5) is 11.3. The third kappa shape index (κ3) is 6.57. The molecule has 0 aromatic carbocycles. The van der Waals surface area contributed by atoms with Crippen molar-refractivity contribution in [3.8, 4) is 11.6 Å². The van der Waals surface area contributed by atoms with Crippen LogP contribution in [-0.4, -0.2) is 78.5 Å². The molecule has 0 aliphatic carbocycles. The highest BCUT2D eigenvalue weighted by Crippen LogP contribution is 2.14. The van der Waals surface area contributed by atoms with Crippen LogP contribution in [0.25, 0.3) is 11.6 Å². The highest BCUT2D eigenvalue weighted by atomic mass is 16.5. The van der Waals surface area contributed by atoms with Crippen molar-refractivity contribution < 1.29 is 9.15 Å². The number of hydrogen-bond acceptors (Lipinski definition) is 6. The summed E-state index contributed by atoms with van der Waals surface area (Å²) < 4.78 is 10.8. The number of aromatic amines is 1. The monoisotopic (exact) mass is 403 g/mol. The predicted molar refractivity (Wildman–Crippen MR) is 113 cm³/mol. The molecule has 2 aromatic rings. The number of rotatable bonds is 9. The van der Waals surface area contributed by atoms with Crippen LogP contribution in [0.1, 0.15) is 26.1 Å². The second-order valence-electron chi connectivity index (χ2n) is 7.64. The van der Waals surface area contributed by atoms with E-state index in [1.807, 2.05) is 12.1 Å². The van der Waals surface area contributed by atoms with Crippen LogP contribution in [0.5, 0.6) is 0 Å². The van der Waals surface area contributed by atoms with E-state index in [-0.39, 0.29) is 0 Å². The number of furan rings is 1. The molecule has 2 aromatic heterocycles. The van der Waals surface area contributed by atoms with Crippen LogP contribution in [0.2, 0.25) is 0 Å². The second kappa shape index (κ2) is 11.0. The van der Waals surface area contributed by atoms with Crippen molar-refractivity contribution >= 4 is 5.96 Å². The maximum absolute atomic E-state index is 5.50. The fourth-order valence-corrected chi connectivity index (χ4v) is 3.51. The highest BCUT2D eigenvalue weighted by Gasteiger charge is 2.22. The van der Waals surface area contributed by atoms with E-state index in [2.05, 4.69) is 49.6 Å². The topological polar surface area (TPSA) is 104 Å². The number of aromatic nitrogens is 3. The lowest BCUT2D eigenvalue weighted by Crippen LogP contribution is -2.51. The molecule has 0 amide bonds. The third-order valence-corrected chi connectivity index (χ3v) is 4.96. The Bertz CT molecular complexity index is 736. The summed E-state index contributed by atoms with van der Waals surface area (Å²) in [6.07, 6.45) is 3.48. The van der Waals surface area contributed by atoms with Crippen molar-refractivity contribution in [2.75, 3.05) is 46.4 Å². The number of guanidine groups is 1. The molecule has 1 aliphatic heterocycles. The zero-order chi connectivity index (χ0) is 20.5. The molecule has 0 saturated carbocycles. The van der Waals surface area contributed by atoms with Gasteiger partial charge in [-0.15, -0.1) is 0 Å². The van der Waals surface area contributed by atoms with E-state index in [0.29, 0.717) is 36.5 Å². The zero-order valence-electron chi connectivity index (χ0n) is 17.6. The summed E-state index contributed by atoms with van der Waals surface area (Å²) >= 11 is 0. The first-order chi connectivity index (χ1) is 14.2. The van der Waals surface area contributed by atoms with E-state index < -0.39 is 0 Å². The van der Waals surface area contributed by atoms with Crippen molar-refractivity contribution in [2.45, 2.75) is 32.7 Å². The molecule has 29 heavy (non-hydrogen) atoms. The van der Waals surface area contributed by atoms with Crippen LogP contribution in [0.15, 0.2) is 27.8 Å². The number of hydrogen-bond donors (Lipinski definition) is 3. The fraction of sp³-hybridized carbons (Fsp3) is 0.650. The van der Waals surface area contributed by atoms with Gasteiger partial charge in [-0.05, 0) is 24.5 Å². The Labute approximate surface area is 172 Å². The Morgan fingerprint density at radius 3 is 2.83 bits per heavy atom. The SMILES string of the molecule is CN=C(NCCc1nc(-c2ccco2)n[nH]1)NCC(CC(C)C)N1CCOCC1. The molecule has 0 radical (unpaired) electrons. The van der Waals surface area contributed by atoms with Gasteiger partial charge in [-0.3, -0.25) is 15.0 Å². The molecule has 9 nitrogen and oxygen atoms in total. The molecule has 3 rings (SSSR count). The van der Waals surface area contributed by atoms with Crippen molar-refractivity contribution in [3.63, 3.8) is 0 Å². The number of nitrogens with one attached hydrogen (secondary N) is 3. The minimum Gasteiger partial charge on any atom is -0.461 e. The molecule has 1 saturated heterocycles. The number of morpholine rings is 1. The van der Waals surface area contributed by atoms with E-state index in [1.54, 1.807) is 13.3 Å². The first kappa shape index (κ1) is 21.3. The van der Waals surface area contributed by atoms with Gasteiger partial charge in [0, 0.05) is 45.7 Å². The zero-order valence-corrected chi connectivity index (χ0v) is 17.6. The van der Waals surface area contributed by atoms with Gasteiger partial charge >= 0.3 is 0 Å². The number of ether oxygens (including phenoxy) is 1. The average Bonchev–Trinajstić information content (AvgIpc) is 3.41. The molecule has 3 heterocycles. The van der Waals surface area contributed by atoms with Crippen LogP contribution in [-0.2, 0) is 11.2 Å². The van der Waals surface area contributed by atoms with E-state index in [0.717, 1.165) is 51.1 Å². The Morgan fingerprint density at radius 1 is 1.31 bits per heavy atom. The van der Waals surface area contributed by atoms with Gasteiger partial charge in [0.2, 0.25) is 5.82 Å². The molecule has 3 N–H and O–H groups in total. The Hall–Kier alpha value is -2.39. The number of H-pyrrole nitrogens is 1. The van der Waals surface area contributed by atoms with Gasteiger partial charge in [0.15, 0.2) is 11.7 Å². The van der Waals surface area contributed by atoms with Crippen molar-refractivity contribution in [3.05, 3.63) is 24.2 Å². The van der Waals surface area contributed by atoms with E-state index >= 15 is 0 Å². The molecule has 1 unspecified atom stereocenters. The van der Waals surface area contributed by atoms with Gasteiger partial charge in [0.05, 0.1) is 19.5 Å². The molecule has 0 bridgehead atoms. The lowest BCUT2D eigenvalue weighted by Gasteiger charge is -2.35. The minimum absolute atomic E-state index is 0.475. The second-order valence-corrected chi connectivity index (χ2v) is 7.64. The van der Waals surface area contributed by atoms with Gasteiger partial charge < -0.3 is 19.8 Å². The summed E-state index contributed by atoms with van der Waals surface area (Å²) in [5.74, 6) is 3.50. The molecular formula is C20H33N7O2.